The molecule has 2 aromatic rings. The van der Waals surface area contributed by atoms with Crippen LogP contribution in [0.4, 0.5) is 0 Å². The highest BCUT2D eigenvalue weighted by Gasteiger charge is 2.56. The number of hydrogen-bond acceptors (Lipinski definition) is 10. The number of benzene rings is 1. The Hall–Kier alpha value is -3.33. The van der Waals surface area contributed by atoms with Gasteiger partial charge in [-0.2, -0.15) is 0 Å². The van der Waals surface area contributed by atoms with Gasteiger partial charge in [0.25, 0.3) is 5.56 Å². The van der Waals surface area contributed by atoms with Gasteiger partial charge in [0.05, 0.1) is 13.2 Å². The summed E-state index contributed by atoms with van der Waals surface area (Å²) in [6, 6.07) is 8.19. The van der Waals surface area contributed by atoms with Crippen molar-refractivity contribution >= 4 is 13.7 Å². The minimum Gasteiger partial charge on any atom is -0.465 e. The van der Waals surface area contributed by atoms with Crippen molar-refractivity contribution in [3.05, 3.63) is 79.4 Å². The van der Waals surface area contributed by atoms with E-state index < -0.39 is 61.8 Å². The highest BCUT2D eigenvalue weighted by atomic mass is 31.2. The number of aromatic nitrogens is 2. The molecule has 1 aliphatic heterocycles. The van der Waals surface area contributed by atoms with E-state index in [2.05, 4.69) is 15.1 Å². The van der Waals surface area contributed by atoms with Gasteiger partial charge < -0.3 is 24.6 Å². The van der Waals surface area contributed by atoms with Gasteiger partial charge in [0.15, 0.2) is 6.23 Å². The lowest BCUT2D eigenvalue weighted by molar-refractivity contribution is -0.145. The highest BCUT2D eigenvalue weighted by molar-refractivity contribution is 7.50. The summed E-state index contributed by atoms with van der Waals surface area (Å²) < 4.78 is 29.0. The lowest BCUT2D eigenvalue weighted by atomic mass is 10.1. The van der Waals surface area contributed by atoms with E-state index in [0.29, 0.717) is 5.56 Å². The molecule has 1 unspecified atom stereocenters. The van der Waals surface area contributed by atoms with Crippen LogP contribution in [-0.2, 0) is 29.8 Å². The molecule has 1 saturated heterocycles. The molecule has 17 heteroatoms. The zero-order chi connectivity index (χ0) is 27.2. The first-order valence-electron chi connectivity index (χ1n) is 10.9. The highest BCUT2D eigenvalue weighted by Crippen LogP contribution is 2.44. The number of H-pyrrole nitrogens is 1. The molecule has 0 radical (unpaired) electrons. The van der Waals surface area contributed by atoms with Crippen LogP contribution >= 0.6 is 7.75 Å². The van der Waals surface area contributed by atoms with Crippen LogP contribution < -0.4 is 16.3 Å². The largest absolute Gasteiger partial charge is 0.465 e. The number of rotatable bonds is 11. The van der Waals surface area contributed by atoms with Gasteiger partial charge in [-0.1, -0.05) is 35.4 Å². The summed E-state index contributed by atoms with van der Waals surface area (Å²) in [5, 5.41) is 26.5. The van der Waals surface area contributed by atoms with Crippen molar-refractivity contribution in [1.29, 1.82) is 0 Å². The second-order valence-corrected chi connectivity index (χ2v) is 9.47. The first-order valence-corrected chi connectivity index (χ1v) is 12.5. The summed E-state index contributed by atoms with van der Waals surface area (Å²) in [6.07, 6.45) is -4.64. The number of ether oxygens (including phenoxy) is 2. The predicted octanol–water partition coefficient (Wildman–Crippen LogP) is -0.325. The van der Waals surface area contributed by atoms with Gasteiger partial charge in [-0.05, 0) is 24.4 Å². The number of carbonyl (C=O) groups excluding carboxylic acids is 1. The summed E-state index contributed by atoms with van der Waals surface area (Å²) in [7, 11) is -4.86. The smallest absolute Gasteiger partial charge is 0.403 e. The Morgan fingerprint density at radius 1 is 1.35 bits per heavy atom. The lowest BCUT2D eigenvalue weighted by Crippen LogP contribution is -2.45. The molecule has 1 aromatic carbocycles. The van der Waals surface area contributed by atoms with Crippen molar-refractivity contribution in [2.45, 2.75) is 43.5 Å². The van der Waals surface area contributed by atoms with Gasteiger partial charge in [0, 0.05) is 17.2 Å². The molecule has 6 atom stereocenters. The molecule has 2 heterocycles. The first kappa shape index (κ1) is 28.2. The number of nitrogens with zero attached hydrogens (tertiary/aromatic N) is 4. The molecule has 200 valence electrons. The quantitative estimate of drug-likeness (QED) is 0.0813. The minimum atomic E-state index is -4.86. The predicted molar refractivity (Wildman–Crippen MR) is 125 cm³/mol. The maximum Gasteiger partial charge on any atom is 0.403 e. The topological polar surface area (TPSA) is 238 Å². The molecule has 0 saturated carbocycles. The number of hydrogen-bond donors (Lipinski definition) is 5. The first-order chi connectivity index (χ1) is 17.5. The molecule has 0 spiro atoms. The van der Waals surface area contributed by atoms with Crippen LogP contribution in [0.2, 0.25) is 0 Å². The molecule has 37 heavy (non-hydrogen) atoms. The summed E-state index contributed by atoms with van der Waals surface area (Å²) in [4.78, 5) is 50.8. The van der Waals surface area contributed by atoms with Crippen LogP contribution in [0, 0.1) is 0 Å². The van der Waals surface area contributed by atoms with E-state index in [-0.39, 0.29) is 13.0 Å². The molecule has 0 aliphatic carbocycles. The molecule has 1 aliphatic rings. The van der Waals surface area contributed by atoms with Crippen molar-refractivity contribution in [3.63, 3.8) is 0 Å². The normalized spacial score (nSPS) is 25.6. The molecule has 5 N–H and O–H groups in total. The average Bonchev–Trinajstić information content (AvgIpc) is 3.09. The fraction of sp³-hybridized carbons (Fsp3) is 0.450. The third-order valence-corrected chi connectivity index (χ3v) is 6.48. The molecular weight excluding hydrogens is 515 g/mol. The van der Waals surface area contributed by atoms with E-state index in [9.17, 15) is 34.1 Å². The Bertz CT molecular complexity index is 1310. The molecule has 1 aromatic heterocycles. The third kappa shape index (κ3) is 6.71. The fourth-order valence-electron chi connectivity index (χ4n) is 3.62. The third-order valence-electron chi connectivity index (χ3n) is 5.36. The zero-order valence-corrected chi connectivity index (χ0v) is 20.3. The average molecular weight is 540 g/mol. The lowest BCUT2D eigenvalue weighted by Gasteiger charge is -2.28. The maximum absolute atomic E-state index is 12.8. The van der Waals surface area contributed by atoms with E-state index in [1.54, 1.807) is 37.3 Å². The van der Waals surface area contributed by atoms with Crippen LogP contribution in [0.5, 0.6) is 0 Å². The van der Waals surface area contributed by atoms with Gasteiger partial charge in [0.1, 0.15) is 18.2 Å². The van der Waals surface area contributed by atoms with Crippen molar-refractivity contribution < 1.29 is 38.5 Å². The van der Waals surface area contributed by atoms with Crippen LogP contribution in [-0.4, -0.2) is 67.8 Å². The fourth-order valence-corrected chi connectivity index (χ4v) is 4.64. The Morgan fingerprint density at radius 3 is 2.68 bits per heavy atom. The van der Waals surface area contributed by atoms with Gasteiger partial charge in [-0.25, -0.2) is 14.4 Å². The molecule has 0 bridgehead atoms. The number of aromatic amines is 1. The number of aliphatic hydroxyl groups is 2. The summed E-state index contributed by atoms with van der Waals surface area (Å²) in [5.41, 5.74) is 5.46. The van der Waals surface area contributed by atoms with Crippen molar-refractivity contribution in [2.24, 2.45) is 5.11 Å². The van der Waals surface area contributed by atoms with Gasteiger partial charge in [-0.15, -0.1) is 0 Å². The Kier molecular flexibility index (Phi) is 9.02. The van der Waals surface area contributed by atoms with E-state index >= 15 is 0 Å². The minimum absolute atomic E-state index is 0.00577. The standard InChI is InChI=1S/C20H25N6O10P/c1-2-34-18(30)13(10-12-6-4-3-5-7-12)23-37(32,33)35-11-20(24-25-21)16(29)15(28)17(36-20)26-9-8-14(27)22-19(26)31/h3-9,13,15-17,28-29H,2,10-11H2,1H3,(H,22,27,31)(H2,23,32,33)/t13-,15+,16-,17+,20+/m0/s1. The second-order valence-electron chi connectivity index (χ2n) is 7.91. The van der Waals surface area contributed by atoms with Crippen molar-refractivity contribution in [3.8, 4) is 0 Å². The monoisotopic (exact) mass is 540 g/mol. The molecule has 3 rings (SSSR count). The van der Waals surface area contributed by atoms with E-state index in [4.69, 9.17) is 19.5 Å². The number of aliphatic hydroxyl groups excluding tert-OH is 2. The maximum atomic E-state index is 12.8. The van der Waals surface area contributed by atoms with E-state index in [1.165, 1.54) is 0 Å². The summed E-state index contributed by atoms with van der Waals surface area (Å²) in [6.45, 7) is 0.488. The second kappa shape index (κ2) is 11.8. The molecule has 0 amide bonds. The number of nitrogens with one attached hydrogen (secondary N) is 2. The molecule has 16 nitrogen and oxygen atoms in total. The van der Waals surface area contributed by atoms with Gasteiger partial charge >= 0.3 is 19.4 Å². The SMILES string of the molecule is CCOC(=O)[C@H](Cc1ccccc1)NP(=O)(O)OC[C@@]1(N=[N+]=[N-])O[C@@H](n2ccc(=O)[nH]c2=O)[C@H](O)[C@@H]1O. The van der Waals surface area contributed by atoms with Crippen LogP contribution in [0.25, 0.3) is 10.4 Å². The number of esters is 1. The zero-order valence-electron chi connectivity index (χ0n) is 19.4. The Balaban J connectivity index is 1.81. The Labute approximate surface area is 208 Å². The Morgan fingerprint density at radius 2 is 2.05 bits per heavy atom. The molecular formula is C20H25N6O10P. The molecule has 1 fully saturated rings. The van der Waals surface area contributed by atoms with Gasteiger partial charge in [-0.3, -0.25) is 23.7 Å². The van der Waals surface area contributed by atoms with Crippen LogP contribution in [0.1, 0.15) is 18.7 Å². The van der Waals surface area contributed by atoms with Gasteiger partial charge in [0.2, 0.25) is 5.72 Å². The van der Waals surface area contributed by atoms with Crippen molar-refractivity contribution in [1.82, 2.24) is 14.6 Å². The van der Waals surface area contributed by atoms with Crippen molar-refractivity contribution in [2.75, 3.05) is 13.2 Å². The summed E-state index contributed by atoms with van der Waals surface area (Å²) >= 11 is 0. The van der Waals surface area contributed by atoms with Crippen LogP contribution in [0.15, 0.2) is 57.3 Å². The summed E-state index contributed by atoms with van der Waals surface area (Å²) in [5.74, 6) is -0.834. The number of azide groups is 1. The van der Waals surface area contributed by atoms with E-state index in [1.807, 2.05) is 4.98 Å². The van der Waals surface area contributed by atoms with E-state index in [0.717, 1.165) is 16.8 Å². The number of carbonyl (C=O) groups is 1. The van der Waals surface area contributed by atoms with Crippen LogP contribution in [0.3, 0.4) is 0 Å².